The van der Waals surface area contributed by atoms with Gasteiger partial charge in [0, 0.05) is 36.7 Å². The zero-order chi connectivity index (χ0) is 14.7. The van der Waals surface area contributed by atoms with E-state index in [-0.39, 0.29) is 5.91 Å². The normalized spacial score (nSPS) is 20.9. The fourth-order valence-corrected chi connectivity index (χ4v) is 3.11. The van der Waals surface area contributed by atoms with Crippen LogP contribution in [0.4, 0.5) is 0 Å². The van der Waals surface area contributed by atoms with Crippen molar-refractivity contribution in [2.75, 3.05) is 40.3 Å². The third-order valence-corrected chi connectivity index (χ3v) is 4.50. The molecule has 0 saturated carbocycles. The molecule has 110 valence electrons. The van der Waals surface area contributed by atoms with Crippen LogP contribution in [0.1, 0.15) is 15.9 Å². The number of nitrogens with one attached hydrogen (secondary N) is 1. The molecule has 1 N–H and O–H groups in total. The summed E-state index contributed by atoms with van der Waals surface area (Å²) in [4.78, 5) is 16.8. The molecule has 1 amide bonds. The molecule has 1 atom stereocenters. The van der Waals surface area contributed by atoms with E-state index in [1.54, 1.807) is 0 Å². The second kappa shape index (κ2) is 6.70. The Morgan fingerprint density at radius 2 is 2.15 bits per heavy atom. The molecule has 1 aliphatic heterocycles. The van der Waals surface area contributed by atoms with E-state index in [2.05, 4.69) is 45.1 Å². The molecule has 0 aromatic heterocycles. The Morgan fingerprint density at radius 3 is 2.85 bits per heavy atom. The summed E-state index contributed by atoms with van der Waals surface area (Å²) in [7, 11) is 4.24. The number of carbonyl (C=O) groups is 1. The molecular weight excluding hydrogens is 318 g/mol. The van der Waals surface area contributed by atoms with Crippen LogP contribution in [0.25, 0.3) is 0 Å². The molecule has 0 radical (unpaired) electrons. The largest absolute Gasteiger partial charge is 0.350 e. The number of halogens is 1. The average Bonchev–Trinajstić information content (AvgIpc) is 2.39. The summed E-state index contributed by atoms with van der Waals surface area (Å²) in [6, 6.07) is 6.17. The van der Waals surface area contributed by atoms with Gasteiger partial charge in [0.25, 0.3) is 5.91 Å². The Hall–Kier alpha value is -0.910. The van der Waals surface area contributed by atoms with Crippen molar-refractivity contribution in [2.45, 2.75) is 13.0 Å². The molecule has 1 aromatic rings. The maximum absolute atomic E-state index is 12.2. The molecule has 1 aromatic carbocycles. The van der Waals surface area contributed by atoms with Crippen molar-refractivity contribution < 1.29 is 4.79 Å². The first-order valence-electron chi connectivity index (χ1n) is 6.90. The molecule has 1 aliphatic rings. The van der Waals surface area contributed by atoms with Gasteiger partial charge in [-0.05, 0) is 54.6 Å². The second-order valence-corrected chi connectivity index (χ2v) is 6.44. The SMILES string of the molecule is Cc1ccc(C(=O)NCC2CN(C)CCN2C)c(Br)c1. The van der Waals surface area contributed by atoms with E-state index >= 15 is 0 Å². The van der Waals surface area contributed by atoms with Gasteiger partial charge < -0.3 is 10.2 Å². The van der Waals surface area contributed by atoms with Gasteiger partial charge >= 0.3 is 0 Å². The first kappa shape index (κ1) is 15.5. The van der Waals surface area contributed by atoms with Gasteiger partial charge in [0.15, 0.2) is 0 Å². The first-order valence-corrected chi connectivity index (χ1v) is 7.70. The summed E-state index contributed by atoms with van der Waals surface area (Å²) in [6.07, 6.45) is 0. The molecule has 2 rings (SSSR count). The van der Waals surface area contributed by atoms with Crippen LogP contribution in [0.2, 0.25) is 0 Å². The molecule has 1 saturated heterocycles. The third kappa shape index (κ3) is 3.81. The Kier molecular flexibility index (Phi) is 5.18. The summed E-state index contributed by atoms with van der Waals surface area (Å²) in [5, 5.41) is 3.04. The Labute approximate surface area is 129 Å². The zero-order valence-corrected chi connectivity index (χ0v) is 13.9. The van der Waals surface area contributed by atoms with Gasteiger partial charge in [-0.1, -0.05) is 6.07 Å². The van der Waals surface area contributed by atoms with Crippen molar-refractivity contribution in [3.8, 4) is 0 Å². The molecule has 4 nitrogen and oxygen atoms in total. The first-order chi connectivity index (χ1) is 9.47. The van der Waals surface area contributed by atoms with E-state index in [4.69, 9.17) is 0 Å². The van der Waals surface area contributed by atoms with Crippen LogP contribution < -0.4 is 5.32 Å². The van der Waals surface area contributed by atoms with Crippen LogP contribution >= 0.6 is 15.9 Å². The van der Waals surface area contributed by atoms with Gasteiger partial charge in [-0.25, -0.2) is 0 Å². The third-order valence-electron chi connectivity index (χ3n) is 3.85. The molecular formula is C15H22BrN3O. The molecule has 5 heteroatoms. The number of benzene rings is 1. The van der Waals surface area contributed by atoms with Crippen molar-refractivity contribution in [3.63, 3.8) is 0 Å². The lowest BCUT2D eigenvalue weighted by molar-refractivity contribution is 0.0880. The number of rotatable bonds is 3. The number of hydrogen-bond donors (Lipinski definition) is 1. The molecule has 0 spiro atoms. The van der Waals surface area contributed by atoms with Gasteiger partial charge in [-0.2, -0.15) is 0 Å². The quantitative estimate of drug-likeness (QED) is 0.910. The predicted octanol–water partition coefficient (Wildman–Crippen LogP) is 1.73. The van der Waals surface area contributed by atoms with E-state index in [1.165, 1.54) is 0 Å². The molecule has 1 heterocycles. The van der Waals surface area contributed by atoms with Crippen molar-refractivity contribution in [2.24, 2.45) is 0 Å². The second-order valence-electron chi connectivity index (χ2n) is 5.59. The van der Waals surface area contributed by atoms with Gasteiger partial charge in [0.1, 0.15) is 0 Å². The van der Waals surface area contributed by atoms with Crippen molar-refractivity contribution in [3.05, 3.63) is 33.8 Å². The zero-order valence-electron chi connectivity index (χ0n) is 12.3. The van der Waals surface area contributed by atoms with Crippen LogP contribution in [0.15, 0.2) is 22.7 Å². The van der Waals surface area contributed by atoms with Crippen molar-refractivity contribution >= 4 is 21.8 Å². The lowest BCUT2D eigenvalue weighted by Gasteiger charge is -2.37. The number of nitrogens with zero attached hydrogens (tertiary/aromatic N) is 2. The van der Waals surface area contributed by atoms with Crippen LogP contribution in [0.3, 0.4) is 0 Å². The molecule has 0 bridgehead atoms. The minimum absolute atomic E-state index is 0.0153. The fourth-order valence-electron chi connectivity index (χ4n) is 2.43. The van der Waals surface area contributed by atoms with E-state index in [1.807, 2.05) is 25.1 Å². The van der Waals surface area contributed by atoms with Gasteiger partial charge in [-0.3, -0.25) is 9.69 Å². The number of likely N-dealkylation sites (N-methyl/N-ethyl adjacent to an activating group) is 2. The highest BCUT2D eigenvalue weighted by Gasteiger charge is 2.22. The summed E-state index contributed by atoms with van der Waals surface area (Å²) >= 11 is 3.46. The number of aryl methyl sites for hydroxylation is 1. The Morgan fingerprint density at radius 1 is 1.40 bits per heavy atom. The highest BCUT2D eigenvalue weighted by atomic mass is 79.9. The van der Waals surface area contributed by atoms with E-state index in [0.29, 0.717) is 18.2 Å². The van der Waals surface area contributed by atoms with E-state index in [0.717, 1.165) is 29.7 Å². The van der Waals surface area contributed by atoms with E-state index in [9.17, 15) is 4.79 Å². The van der Waals surface area contributed by atoms with Crippen molar-refractivity contribution in [1.29, 1.82) is 0 Å². The minimum Gasteiger partial charge on any atom is -0.350 e. The number of amides is 1. The number of piperazine rings is 1. The molecule has 1 unspecified atom stereocenters. The summed E-state index contributed by atoms with van der Waals surface area (Å²) in [5.41, 5.74) is 1.84. The van der Waals surface area contributed by atoms with Gasteiger partial charge in [0.05, 0.1) is 5.56 Å². The summed E-state index contributed by atoms with van der Waals surface area (Å²) in [6.45, 7) is 5.82. The highest BCUT2D eigenvalue weighted by Crippen LogP contribution is 2.18. The minimum atomic E-state index is -0.0153. The Bertz CT molecular complexity index is 492. The summed E-state index contributed by atoms with van der Waals surface area (Å²) < 4.78 is 0.851. The standard InChI is InChI=1S/C15H22BrN3O/c1-11-4-5-13(14(16)8-11)15(20)17-9-12-10-18(2)6-7-19(12)3/h4-5,8,12H,6-7,9-10H2,1-3H3,(H,17,20). The van der Waals surface area contributed by atoms with Crippen LogP contribution in [0, 0.1) is 6.92 Å². The van der Waals surface area contributed by atoms with Crippen LogP contribution in [-0.4, -0.2) is 62.0 Å². The van der Waals surface area contributed by atoms with Crippen LogP contribution in [-0.2, 0) is 0 Å². The fraction of sp³-hybridized carbons (Fsp3) is 0.533. The molecule has 0 aliphatic carbocycles. The van der Waals surface area contributed by atoms with E-state index < -0.39 is 0 Å². The van der Waals surface area contributed by atoms with Crippen LogP contribution in [0.5, 0.6) is 0 Å². The van der Waals surface area contributed by atoms with Gasteiger partial charge in [-0.15, -0.1) is 0 Å². The van der Waals surface area contributed by atoms with Crippen molar-refractivity contribution in [1.82, 2.24) is 15.1 Å². The smallest absolute Gasteiger partial charge is 0.252 e. The summed E-state index contributed by atoms with van der Waals surface area (Å²) in [5.74, 6) is -0.0153. The maximum atomic E-state index is 12.2. The predicted molar refractivity (Wildman–Crippen MR) is 85.1 cm³/mol. The highest BCUT2D eigenvalue weighted by molar-refractivity contribution is 9.10. The topological polar surface area (TPSA) is 35.6 Å². The number of hydrogen-bond acceptors (Lipinski definition) is 3. The Balaban J connectivity index is 1.94. The monoisotopic (exact) mass is 339 g/mol. The number of carbonyl (C=O) groups excluding carboxylic acids is 1. The lowest BCUT2D eigenvalue weighted by atomic mass is 10.1. The average molecular weight is 340 g/mol. The maximum Gasteiger partial charge on any atom is 0.252 e. The molecule has 20 heavy (non-hydrogen) atoms. The van der Waals surface area contributed by atoms with Gasteiger partial charge in [0.2, 0.25) is 0 Å². The molecule has 1 fully saturated rings. The lowest BCUT2D eigenvalue weighted by Crippen LogP contribution is -2.54.